The average Bonchev–Trinajstić information content (AvgIpc) is 2.92. The number of alkyl halides is 1. The minimum atomic E-state index is -0.192. The van der Waals surface area contributed by atoms with Crippen LogP contribution in [0.25, 0.3) is 0 Å². The van der Waals surface area contributed by atoms with Crippen LogP contribution in [0.3, 0.4) is 0 Å². The molecule has 100 valence electrons. The maximum atomic E-state index is 12.1. The molecule has 19 heavy (non-hydrogen) atoms. The Kier molecular flexibility index (Phi) is 3.52. The van der Waals surface area contributed by atoms with Gasteiger partial charge in [-0.1, -0.05) is 65.1 Å². The molecule has 0 spiro atoms. The number of carbonyl (C=O) groups excluding carboxylic acids is 1. The molecular weight excluding hydrogens is 353 g/mol. The summed E-state index contributed by atoms with van der Waals surface area (Å²) in [6, 6.07) is 9.80. The second kappa shape index (κ2) is 5.15. The number of benzene rings is 1. The van der Waals surface area contributed by atoms with E-state index in [1.54, 1.807) is 0 Å². The van der Waals surface area contributed by atoms with Gasteiger partial charge in [-0.3, -0.25) is 0 Å². The van der Waals surface area contributed by atoms with E-state index < -0.39 is 0 Å². The molecule has 1 aromatic carbocycles. The number of fused-ring (bicyclic) bond motifs is 1. The van der Waals surface area contributed by atoms with Crippen molar-refractivity contribution in [3.05, 3.63) is 48.0 Å². The summed E-state index contributed by atoms with van der Waals surface area (Å²) in [5.74, 6) is 0.553. The van der Waals surface area contributed by atoms with Crippen molar-refractivity contribution in [1.82, 2.24) is 4.90 Å². The molecule has 4 heteroatoms. The van der Waals surface area contributed by atoms with Crippen LogP contribution in [-0.2, 0) is 11.3 Å². The summed E-state index contributed by atoms with van der Waals surface area (Å²) >= 11 is 2.47. The highest BCUT2D eigenvalue weighted by atomic mass is 127. The Hall–Kier alpha value is -1.04. The highest BCUT2D eigenvalue weighted by molar-refractivity contribution is 14.1. The monoisotopic (exact) mass is 369 g/mol. The molecule has 0 saturated carbocycles. The highest BCUT2D eigenvalue weighted by Crippen LogP contribution is 2.43. The normalized spacial score (nSPS) is 28.5. The second-order valence-corrected chi connectivity index (χ2v) is 7.19. The number of amides is 1. The van der Waals surface area contributed by atoms with Gasteiger partial charge in [-0.2, -0.15) is 0 Å². The molecule has 0 aromatic heterocycles. The Morgan fingerprint density at radius 1 is 1.42 bits per heavy atom. The summed E-state index contributed by atoms with van der Waals surface area (Å²) in [7, 11) is 0. The van der Waals surface area contributed by atoms with Gasteiger partial charge in [-0.15, -0.1) is 0 Å². The third-order valence-corrected chi connectivity index (χ3v) is 5.41. The molecule has 1 aromatic rings. The van der Waals surface area contributed by atoms with E-state index in [1.807, 2.05) is 35.2 Å². The fourth-order valence-electron chi connectivity index (χ4n) is 2.74. The number of rotatable bonds is 2. The molecule has 1 heterocycles. The van der Waals surface area contributed by atoms with Crippen molar-refractivity contribution in [2.45, 2.75) is 16.4 Å². The van der Waals surface area contributed by atoms with Crippen LogP contribution >= 0.6 is 22.6 Å². The molecule has 2 atom stereocenters. The lowest BCUT2D eigenvalue weighted by Gasteiger charge is -2.19. The van der Waals surface area contributed by atoms with Gasteiger partial charge in [-0.05, 0) is 17.9 Å². The summed E-state index contributed by atoms with van der Waals surface area (Å²) in [5.41, 5.74) is 1.03. The molecule has 1 aliphatic carbocycles. The van der Waals surface area contributed by atoms with Gasteiger partial charge < -0.3 is 9.64 Å². The molecule has 0 unspecified atom stereocenters. The van der Waals surface area contributed by atoms with Crippen LogP contribution in [0.15, 0.2) is 42.5 Å². The first kappa shape index (κ1) is 13.0. The van der Waals surface area contributed by atoms with Gasteiger partial charge in [0.25, 0.3) is 0 Å². The van der Waals surface area contributed by atoms with Crippen molar-refractivity contribution in [2.24, 2.45) is 5.92 Å². The van der Waals surface area contributed by atoms with Gasteiger partial charge in [0.2, 0.25) is 0 Å². The van der Waals surface area contributed by atoms with E-state index >= 15 is 0 Å². The number of likely N-dealkylation sites (tertiary alicyclic amines) is 1. The standard InChI is InChI=1S/C15H16INO2/c16-15-8-4-7-13(15)9-17(11-15)14(18)19-10-12-5-2-1-3-6-12/h1-6,8,13H,7,9-11H2/t13-,15-/m1/s1. The number of carbonyl (C=O) groups is 1. The maximum Gasteiger partial charge on any atom is 0.410 e. The zero-order valence-corrected chi connectivity index (χ0v) is 12.7. The number of halogens is 1. The Labute approximate surface area is 126 Å². The number of hydrogen-bond acceptors (Lipinski definition) is 2. The van der Waals surface area contributed by atoms with E-state index in [0.29, 0.717) is 12.5 Å². The van der Waals surface area contributed by atoms with Gasteiger partial charge in [0.15, 0.2) is 0 Å². The quantitative estimate of drug-likeness (QED) is 0.455. The molecule has 0 bridgehead atoms. The van der Waals surface area contributed by atoms with Crippen molar-refractivity contribution in [1.29, 1.82) is 0 Å². The second-order valence-electron chi connectivity index (χ2n) is 5.18. The lowest BCUT2D eigenvalue weighted by atomic mass is 10.0. The van der Waals surface area contributed by atoms with Gasteiger partial charge in [0.1, 0.15) is 6.61 Å². The van der Waals surface area contributed by atoms with E-state index in [4.69, 9.17) is 4.74 Å². The van der Waals surface area contributed by atoms with Crippen molar-refractivity contribution in [2.75, 3.05) is 13.1 Å². The fourth-order valence-corrected chi connectivity index (χ4v) is 3.86. The number of allylic oxidation sites excluding steroid dienone is 1. The number of hydrogen-bond donors (Lipinski definition) is 0. The zero-order chi connectivity index (χ0) is 13.3. The van der Waals surface area contributed by atoms with Crippen LogP contribution in [0, 0.1) is 5.92 Å². The minimum Gasteiger partial charge on any atom is -0.445 e. The Morgan fingerprint density at radius 2 is 2.21 bits per heavy atom. The molecule has 1 fully saturated rings. The van der Waals surface area contributed by atoms with Gasteiger partial charge >= 0.3 is 6.09 Å². The Bertz CT molecular complexity index is 502. The zero-order valence-electron chi connectivity index (χ0n) is 10.6. The lowest BCUT2D eigenvalue weighted by molar-refractivity contribution is 0.103. The van der Waals surface area contributed by atoms with E-state index in [1.165, 1.54) is 0 Å². The summed E-state index contributed by atoms with van der Waals surface area (Å²) in [6.07, 6.45) is 5.35. The topological polar surface area (TPSA) is 29.5 Å². The third kappa shape index (κ3) is 2.63. The molecule has 1 aliphatic heterocycles. The van der Waals surface area contributed by atoms with E-state index in [9.17, 15) is 4.79 Å². The molecule has 0 N–H and O–H groups in total. The van der Waals surface area contributed by atoms with Crippen LogP contribution in [0.1, 0.15) is 12.0 Å². The first-order valence-corrected chi connectivity index (χ1v) is 7.57. The molecule has 0 radical (unpaired) electrons. The van der Waals surface area contributed by atoms with Gasteiger partial charge in [0.05, 0.1) is 3.42 Å². The SMILES string of the molecule is O=C(OCc1ccccc1)N1C[C@H]2CC=C[C@@]2(I)C1. The Balaban J connectivity index is 1.56. The van der Waals surface area contributed by atoms with E-state index in [-0.39, 0.29) is 9.51 Å². The first-order valence-electron chi connectivity index (χ1n) is 6.50. The van der Waals surface area contributed by atoms with Gasteiger partial charge in [-0.25, -0.2) is 4.79 Å². The van der Waals surface area contributed by atoms with Crippen LogP contribution in [0.5, 0.6) is 0 Å². The molecular formula is C15H16INO2. The minimum absolute atomic E-state index is 0.128. The van der Waals surface area contributed by atoms with Crippen molar-refractivity contribution < 1.29 is 9.53 Å². The maximum absolute atomic E-state index is 12.1. The van der Waals surface area contributed by atoms with Crippen molar-refractivity contribution in [3.63, 3.8) is 0 Å². The summed E-state index contributed by atoms with van der Waals surface area (Å²) in [6.45, 7) is 1.93. The van der Waals surface area contributed by atoms with Gasteiger partial charge in [0, 0.05) is 13.1 Å². The largest absolute Gasteiger partial charge is 0.445 e. The van der Waals surface area contributed by atoms with Crippen molar-refractivity contribution >= 4 is 28.7 Å². The highest BCUT2D eigenvalue weighted by Gasteiger charge is 2.46. The van der Waals surface area contributed by atoms with Crippen LogP contribution in [0.4, 0.5) is 4.79 Å². The smallest absolute Gasteiger partial charge is 0.410 e. The molecule has 3 nitrogen and oxygen atoms in total. The first-order chi connectivity index (χ1) is 9.17. The molecule has 1 saturated heterocycles. The van der Waals surface area contributed by atoms with Crippen LogP contribution in [-0.4, -0.2) is 27.5 Å². The molecule has 2 aliphatic rings. The summed E-state index contributed by atoms with van der Waals surface area (Å²) in [5, 5.41) is 0. The molecule has 3 rings (SSSR count). The predicted octanol–water partition coefficient (Wildman–Crippen LogP) is 3.39. The van der Waals surface area contributed by atoms with Crippen LogP contribution in [0.2, 0.25) is 0 Å². The van der Waals surface area contributed by atoms with Crippen LogP contribution < -0.4 is 0 Å². The predicted molar refractivity (Wildman–Crippen MR) is 82.2 cm³/mol. The third-order valence-electron chi connectivity index (χ3n) is 3.83. The van der Waals surface area contributed by atoms with Crippen molar-refractivity contribution in [3.8, 4) is 0 Å². The fraction of sp³-hybridized carbons (Fsp3) is 0.400. The number of nitrogens with zero attached hydrogens (tertiary/aromatic N) is 1. The summed E-state index contributed by atoms with van der Waals surface area (Å²) in [4.78, 5) is 13.9. The lowest BCUT2D eigenvalue weighted by Crippen LogP contribution is -2.32. The van der Waals surface area contributed by atoms with E-state index in [2.05, 4.69) is 34.7 Å². The summed E-state index contributed by atoms with van der Waals surface area (Å²) < 4.78 is 5.51. The average molecular weight is 369 g/mol. The number of ether oxygens (including phenoxy) is 1. The van der Waals surface area contributed by atoms with E-state index in [0.717, 1.165) is 25.1 Å². The Morgan fingerprint density at radius 3 is 2.95 bits per heavy atom. The molecule has 1 amide bonds.